The fourth-order valence-corrected chi connectivity index (χ4v) is 0.836. The van der Waals surface area contributed by atoms with Crippen LogP contribution in [0.5, 0.6) is 0 Å². The van der Waals surface area contributed by atoms with Crippen molar-refractivity contribution < 1.29 is 9.53 Å². The maximum atomic E-state index is 11.2. The van der Waals surface area contributed by atoms with Gasteiger partial charge < -0.3 is 4.74 Å². The first kappa shape index (κ1) is 13.1. The third-order valence-corrected chi connectivity index (χ3v) is 1.92. The number of carbonyl (C=O) groups is 1. The van der Waals surface area contributed by atoms with Crippen molar-refractivity contribution in [2.75, 3.05) is 7.11 Å². The van der Waals surface area contributed by atoms with Crippen LogP contribution >= 0.6 is 34.8 Å². The lowest BCUT2D eigenvalue weighted by molar-refractivity contribution is -0.114. The van der Waals surface area contributed by atoms with Crippen molar-refractivity contribution in [3.05, 3.63) is 11.8 Å². The Kier molecular flexibility index (Phi) is 5.11. The second kappa shape index (κ2) is 5.08. The number of halogens is 3. The van der Waals surface area contributed by atoms with E-state index >= 15 is 0 Å². The summed E-state index contributed by atoms with van der Waals surface area (Å²) in [5, 5.41) is 0. The first-order chi connectivity index (χ1) is 5.79. The van der Waals surface area contributed by atoms with Crippen molar-refractivity contribution >= 4 is 40.6 Å². The normalized spacial score (nSPS) is 13.3. The van der Waals surface area contributed by atoms with Crippen LogP contribution in [0.1, 0.15) is 13.8 Å². The zero-order valence-electron chi connectivity index (χ0n) is 7.61. The maximum absolute atomic E-state index is 11.2. The van der Waals surface area contributed by atoms with Gasteiger partial charge in [0.2, 0.25) is 5.78 Å². The quantitative estimate of drug-likeness (QED) is 0.434. The van der Waals surface area contributed by atoms with Crippen LogP contribution in [0.15, 0.2) is 11.8 Å². The van der Waals surface area contributed by atoms with E-state index in [2.05, 4.69) is 0 Å². The summed E-state index contributed by atoms with van der Waals surface area (Å²) in [6, 6.07) is 0. The van der Waals surface area contributed by atoms with Gasteiger partial charge in [0.05, 0.1) is 7.11 Å². The molecule has 0 amide bonds. The molecule has 0 bridgehead atoms. The van der Waals surface area contributed by atoms with Crippen molar-refractivity contribution in [2.45, 2.75) is 17.6 Å². The molecule has 0 radical (unpaired) electrons. The summed E-state index contributed by atoms with van der Waals surface area (Å²) in [6.45, 7) is 3.75. The Bertz CT molecular complexity index is 216. The highest BCUT2D eigenvalue weighted by molar-refractivity contribution is 6.77. The average Bonchev–Trinajstić information content (AvgIpc) is 1.96. The van der Waals surface area contributed by atoms with Crippen molar-refractivity contribution in [2.24, 2.45) is 5.92 Å². The lowest BCUT2D eigenvalue weighted by atomic mass is 10.1. The monoisotopic (exact) mass is 244 g/mol. The van der Waals surface area contributed by atoms with Crippen LogP contribution in [0.3, 0.4) is 0 Å². The lowest BCUT2D eigenvalue weighted by Crippen LogP contribution is -2.17. The molecular formula is C8H11Cl3O2. The molecule has 0 aromatic rings. The molecule has 76 valence electrons. The zero-order chi connectivity index (χ0) is 10.6. The highest BCUT2D eigenvalue weighted by Crippen LogP contribution is 2.28. The Balaban J connectivity index is 4.62. The molecule has 13 heavy (non-hydrogen) atoms. The SMILES string of the molecule is CO/C(=C\C(=O)C(Cl)(Cl)Cl)C(C)C. The van der Waals surface area contributed by atoms with E-state index in [0.717, 1.165) is 0 Å². The van der Waals surface area contributed by atoms with Crippen LogP contribution in [-0.4, -0.2) is 16.7 Å². The van der Waals surface area contributed by atoms with Crippen LogP contribution in [0.25, 0.3) is 0 Å². The van der Waals surface area contributed by atoms with Crippen LogP contribution < -0.4 is 0 Å². The van der Waals surface area contributed by atoms with Crippen LogP contribution in [0.4, 0.5) is 0 Å². The number of ether oxygens (including phenoxy) is 1. The molecule has 5 heteroatoms. The van der Waals surface area contributed by atoms with Gasteiger partial charge in [-0.25, -0.2) is 0 Å². The molecule has 0 aliphatic rings. The average molecular weight is 246 g/mol. The lowest BCUT2D eigenvalue weighted by Gasteiger charge is -2.11. The number of ketones is 1. The molecule has 0 unspecified atom stereocenters. The van der Waals surface area contributed by atoms with E-state index in [1.807, 2.05) is 13.8 Å². The Labute approximate surface area is 92.8 Å². The van der Waals surface area contributed by atoms with E-state index in [0.29, 0.717) is 5.76 Å². The fourth-order valence-electron chi connectivity index (χ4n) is 0.672. The van der Waals surface area contributed by atoms with Crippen LogP contribution in [-0.2, 0) is 9.53 Å². The summed E-state index contributed by atoms with van der Waals surface area (Å²) in [6.07, 6.45) is 1.21. The summed E-state index contributed by atoms with van der Waals surface area (Å²) in [4.78, 5) is 11.2. The molecule has 0 heterocycles. The second-order valence-corrected chi connectivity index (χ2v) is 5.05. The minimum Gasteiger partial charge on any atom is -0.501 e. The summed E-state index contributed by atoms with van der Waals surface area (Å²) in [7, 11) is 1.47. The first-order valence-electron chi connectivity index (χ1n) is 3.65. The summed E-state index contributed by atoms with van der Waals surface area (Å²) >= 11 is 16.1. The molecule has 2 nitrogen and oxygen atoms in total. The van der Waals surface area contributed by atoms with Gasteiger partial charge in [-0.2, -0.15) is 0 Å². The molecular weight excluding hydrogens is 234 g/mol. The summed E-state index contributed by atoms with van der Waals surface area (Å²) in [5.74, 6) is -0.0133. The maximum Gasteiger partial charge on any atom is 0.252 e. The van der Waals surface area contributed by atoms with Gasteiger partial charge in [-0.05, 0) is 0 Å². The highest BCUT2D eigenvalue weighted by atomic mass is 35.6. The van der Waals surface area contributed by atoms with Gasteiger partial charge in [0.25, 0.3) is 3.79 Å². The molecule has 0 spiro atoms. The molecule has 0 saturated carbocycles. The van der Waals surface area contributed by atoms with E-state index in [9.17, 15) is 4.79 Å². The van der Waals surface area contributed by atoms with E-state index in [4.69, 9.17) is 39.5 Å². The zero-order valence-corrected chi connectivity index (χ0v) is 9.87. The smallest absolute Gasteiger partial charge is 0.252 e. The minimum atomic E-state index is -1.90. The van der Waals surface area contributed by atoms with Crippen LogP contribution in [0, 0.1) is 5.92 Å². The second-order valence-electron chi connectivity index (χ2n) is 2.77. The molecule has 0 rings (SSSR count). The van der Waals surface area contributed by atoms with E-state index in [-0.39, 0.29) is 5.92 Å². The first-order valence-corrected chi connectivity index (χ1v) is 4.79. The standard InChI is InChI=1S/C8H11Cl3O2/c1-5(2)6(13-3)4-7(12)8(9,10)11/h4-5H,1-3H3/b6-4-. The molecule has 0 atom stereocenters. The third-order valence-electron chi connectivity index (χ3n) is 1.36. The molecule has 0 aromatic carbocycles. The number of carbonyl (C=O) groups excluding carboxylic acids is 1. The van der Waals surface area contributed by atoms with E-state index < -0.39 is 9.58 Å². The van der Waals surface area contributed by atoms with Crippen molar-refractivity contribution in [3.63, 3.8) is 0 Å². The summed E-state index contributed by atoms with van der Waals surface area (Å²) < 4.78 is 3.04. The molecule has 0 aliphatic heterocycles. The Hall–Kier alpha value is 0.0800. The Morgan fingerprint density at radius 1 is 1.38 bits per heavy atom. The van der Waals surface area contributed by atoms with Gasteiger partial charge in [-0.3, -0.25) is 4.79 Å². The van der Waals surface area contributed by atoms with Gasteiger partial charge in [-0.1, -0.05) is 48.7 Å². The molecule has 0 saturated heterocycles. The number of alkyl halides is 3. The van der Waals surface area contributed by atoms with Gasteiger partial charge in [0.15, 0.2) is 0 Å². The number of methoxy groups -OCH3 is 1. The van der Waals surface area contributed by atoms with Crippen molar-refractivity contribution in [1.29, 1.82) is 0 Å². The third kappa shape index (κ3) is 4.75. The minimum absolute atomic E-state index is 0.0845. The number of hydrogen-bond acceptors (Lipinski definition) is 2. The molecule has 0 aromatic heterocycles. The van der Waals surface area contributed by atoms with Crippen LogP contribution in [0.2, 0.25) is 0 Å². The topological polar surface area (TPSA) is 26.3 Å². The van der Waals surface area contributed by atoms with Gasteiger partial charge in [0, 0.05) is 12.0 Å². The Morgan fingerprint density at radius 2 is 1.85 bits per heavy atom. The highest BCUT2D eigenvalue weighted by Gasteiger charge is 2.29. The van der Waals surface area contributed by atoms with Gasteiger partial charge >= 0.3 is 0 Å². The molecule has 0 N–H and O–H groups in total. The fraction of sp³-hybridized carbons (Fsp3) is 0.625. The largest absolute Gasteiger partial charge is 0.501 e. The predicted octanol–water partition coefficient (Wildman–Crippen LogP) is 3.11. The molecule has 0 aliphatic carbocycles. The van der Waals surface area contributed by atoms with Crippen molar-refractivity contribution in [3.8, 4) is 0 Å². The predicted molar refractivity (Wildman–Crippen MR) is 55.2 cm³/mol. The molecule has 0 fully saturated rings. The number of allylic oxidation sites excluding steroid dienone is 2. The number of hydrogen-bond donors (Lipinski definition) is 0. The number of rotatable bonds is 3. The van der Waals surface area contributed by atoms with Gasteiger partial charge in [0.1, 0.15) is 5.76 Å². The van der Waals surface area contributed by atoms with Crippen molar-refractivity contribution in [1.82, 2.24) is 0 Å². The van der Waals surface area contributed by atoms with Gasteiger partial charge in [-0.15, -0.1) is 0 Å². The summed E-state index contributed by atoms with van der Waals surface area (Å²) in [5.41, 5.74) is 0. The Morgan fingerprint density at radius 3 is 2.08 bits per heavy atom. The van der Waals surface area contributed by atoms with E-state index in [1.54, 1.807) is 0 Å². The van der Waals surface area contributed by atoms with E-state index in [1.165, 1.54) is 13.2 Å².